The topological polar surface area (TPSA) is 386 Å². The number of hydrogen-bond acceptors (Lipinski definition) is 17. The van der Waals surface area contributed by atoms with Gasteiger partial charge in [-0.2, -0.15) is 11.8 Å². The van der Waals surface area contributed by atoms with Crippen molar-refractivity contribution < 1.29 is 57.8 Å². The summed E-state index contributed by atoms with van der Waals surface area (Å²) >= 11 is 2.65. The van der Waals surface area contributed by atoms with Crippen LogP contribution in [0.2, 0.25) is 0 Å². The zero-order valence-corrected chi connectivity index (χ0v) is 50.3. The van der Waals surface area contributed by atoms with Gasteiger partial charge in [-0.3, -0.25) is 57.7 Å². The second kappa shape index (κ2) is 32.7. The molecule has 0 spiro atoms. The largest absolute Gasteiger partial charge is 0.481 e. The van der Waals surface area contributed by atoms with Gasteiger partial charge in [0.1, 0.15) is 48.3 Å². The van der Waals surface area contributed by atoms with Crippen molar-refractivity contribution in [2.45, 2.75) is 178 Å². The summed E-state index contributed by atoms with van der Waals surface area (Å²) in [5.74, 6) is -8.01. The molecule has 3 aromatic heterocycles. The number of carbonyl (C=O) groups is 11. The van der Waals surface area contributed by atoms with Crippen LogP contribution >= 0.6 is 23.1 Å². The smallest absolute Gasteiger partial charge is 0.303 e. The lowest BCUT2D eigenvalue weighted by Gasteiger charge is -2.33. The Morgan fingerprint density at radius 3 is 1.98 bits per heavy atom. The lowest BCUT2D eigenvalue weighted by molar-refractivity contribution is -0.141. The Labute approximate surface area is 501 Å². The molecule has 85 heavy (non-hydrogen) atoms. The number of thioether (sulfide) groups is 1. The van der Waals surface area contributed by atoms with Crippen molar-refractivity contribution in [2.24, 2.45) is 5.92 Å². The van der Waals surface area contributed by atoms with E-state index in [1.807, 2.05) is 20.8 Å². The first-order valence-electron chi connectivity index (χ1n) is 28.8. The maximum atomic E-state index is 14.7. The molecule has 12 N–H and O–H groups in total. The van der Waals surface area contributed by atoms with Crippen molar-refractivity contribution in [3.05, 3.63) is 64.9 Å². The summed E-state index contributed by atoms with van der Waals surface area (Å²) in [6, 6.07) is -7.45. The van der Waals surface area contributed by atoms with Gasteiger partial charge in [-0.25, -0.2) is 9.97 Å². The molecule has 0 unspecified atom stereocenters. The number of H-pyrrole nitrogens is 1. The summed E-state index contributed by atoms with van der Waals surface area (Å²) in [4.78, 5) is 171. The average Bonchev–Trinajstić information content (AvgIpc) is 3.90. The van der Waals surface area contributed by atoms with Crippen molar-refractivity contribution >= 4 is 88.1 Å². The Kier molecular flexibility index (Phi) is 25.6. The highest BCUT2D eigenvalue weighted by atomic mass is 32.2. The number of pyridine rings is 1. The molecule has 2 saturated heterocycles. The lowest BCUT2D eigenvalue weighted by atomic mass is 10.0. The standard InChI is InChI=1S/C56H81N15O12S2/c1-6-36-47(75)60-28-45(72)63-37(15-16-46(73)74)49(77)65-38(17-21-84-5)50(78)67-41(22-32-13-14-32)51(79)66-40(23-33-10-7-18-57-26-33)48(76)59-19-8-11-39(70-56(2,3)4)55(83)71-20-9-12-44(71)54(82)69-43(25-35-29-85-31-62-35)53(81)68-42(52(80)64-36)24-34-27-58-30-61-34/h7,10,18,26-27,29-32,36-44,70H,6,8-9,11-17,19-25,28H2,1-5H3,(H,58,61)(H,59,76)(H,60,75)(H,63,72)(H,64,80)(H,65,77)(H,66,79)(H,67,78)(H,68,81)(H,69,82)(H,73,74)/t36-,37-,38-,39-,40-,41-,42-,43-,44+/m0/s1. The van der Waals surface area contributed by atoms with Gasteiger partial charge >= 0.3 is 5.97 Å². The molecule has 2 aliphatic heterocycles. The van der Waals surface area contributed by atoms with Crippen molar-refractivity contribution in [1.29, 1.82) is 0 Å². The van der Waals surface area contributed by atoms with Crippen molar-refractivity contribution in [2.75, 3.05) is 31.6 Å². The van der Waals surface area contributed by atoms with Crippen LogP contribution < -0.4 is 53.2 Å². The molecule has 29 heteroatoms. The molecule has 3 aliphatic rings. The van der Waals surface area contributed by atoms with E-state index in [4.69, 9.17) is 0 Å². The number of nitrogens with zero attached hydrogens (tertiary/aromatic N) is 4. The van der Waals surface area contributed by atoms with Crippen molar-refractivity contribution in [3.8, 4) is 0 Å². The second-order valence-electron chi connectivity index (χ2n) is 22.6. The Bertz CT molecular complexity index is 2760. The van der Waals surface area contributed by atoms with Crippen LogP contribution in [-0.4, -0.2) is 187 Å². The van der Waals surface area contributed by atoms with E-state index < -0.39 is 138 Å². The fourth-order valence-corrected chi connectivity index (χ4v) is 11.0. The number of carboxylic acids is 1. The molecule has 6 rings (SSSR count). The third-order valence-corrected chi connectivity index (χ3v) is 15.8. The number of aromatic nitrogens is 4. The maximum Gasteiger partial charge on any atom is 0.303 e. The number of amides is 10. The Morgan fingerprint density at radius 1 is 0.718 bits per heavy atom. The zero-order valence-electron chi connectivity index (χ0n) is 48.7. The third kappa shape index (κ3) is 21.8. The second-order valence-corrected chi connectivity index (χ2v) is 24.3. The van der Waals surface area contributed by atoms with Crippen LogP contribution in [0.4, 0.5) is 0 Å². The van der Waals surface area contributed by atoms with Crippen molar-refractivity contribution in [3.63, 3.8) is 0 Å². The molecule has 1 aliphatic carbocycles. The molecule has 10 amide bonds. The first-order chi connectivity index (χ1) is 40.6. The number of fused-ring (bicyclic) bond motifs is 1. The monoisotopic (exact) mass is 1220 g/mol. The number of hydrogen-bond donors (Lipinski definition) is 12. The van der Waals surface area contributed by atoms with Gasteiger partial charge in [-0.05, 0) is 102 Å². The number of thiazole rings is 1. The van der Waals surface area contributed by atoms with E-state index in [0.29, 0.717) is 29.1 Å². The van der Waals surface area contributed by atoms with Gasteiger partial charge in [0, 0.05) is 74.0 Å². The minimum atomic E-state index is -1.52. The van der Waals surface area contributed by atoms with Gasteiger partial charge in [-0.15, -0.1) is 11.3 Å². The number of rotatable bonds is 16. The first-order valence-corrected chi connectivity index (χ1v) is 31.1. The van der Waals surface area contributed by atoms with E-state index in [2.05, 4.69) is 73.1 Å². The minimum absolute atomic E-state index is 0.00245. The van der Waals surface area contributed by atoms with Gasteiger partial charge in [-0.1, -0.05) is 25.8 Å². The number of carboxylic acid groups (broad SMARTS) is 1. The van der Waals surface area contributed by atoms with Crippen LogP contribution in [0.5, 0.6) is 0 Å². The first kappa shape index (κ1) is 66.6. The van der Waals surface area contributed by atoms with Gasteiger partial charge in [0.05, 0.1) is 30.1 Å². The molecule has 5 heterocycles. The maximum absolute atomic E-state index is 14.7. The zero-order chi connectivity index (χ0) is 61.6. The van der Waals surface area contributed by atoms with Crippen LogP contribution in [0.25, 0.3) is 0 Å². The SMILES string of the molecule is CC[C@@H]1NC(=O)[C@H](Cc2cnc[nH]2)NC(=O)[C@H](Cc2cscn2)NC(=O)[C@H]2CCCN2C(=O)[C@@H](NC(C)(C)C)CCCNC(=O)[C@H](Cc2cccnc2)NC(=O)[C@H](CC2CC2)NC(=O)[C@H](CCSC)NC(=O)[C@H](CCC(=O)O)NC(=O)CNC1=O. The summed E-state index contributed by atoms with van der Waals surface area (Å²) < 4.78 is 0. The number of nitrogens with one attached hydrogen (secondary N) is 11. The van der Waals surface area contributed by atoms with Crippen LogP contribution in [0.3, 0.4) is 0 Å². The van der Waals surface area contributed by atoms with Crippen molar-refractivity contribution in [1.82, 2.24) is 78.0 Å². The van der Waals surface area contributed by atoms with Crippen LogP contribution in [0.1, 0.15) is 115 Å². The summed E-state index contributed by atoms with van der Waals surface area (Å²) in [7, 11) is 0. The van der Waals surface area contributed by atoms with Crippen LogP contribution in [0.15, 0.2) is 47.9 Å². The number of carbonyl (C=O) groups excluding carboxylic acids is 10. The lowest BCUT2D eigenvalue weighted by Crippen LogP contribution is -2.60. The Hall–Kier alpha value is -7.53. The summed E-state index contributed by atoms with van der Waals surface area (Å²) in [5.41, 5.74) is 2.50. The minimum Gasteiger partial charge on any atom is -0.481 e. The van der Waals surface area contributed by atoms with Gasteiger partial charge < -0.3 is 68.2 Å². The fourth-order valence-electron chi connectivity index (χ4n) is 9.95. The van der Waals surface area contributed by atoms with E-state index in [-0.39, 0.29) is 82.7 Å². The van der Waals surface area contributed by atoms with Crippen LogP contribution in [-0.2, 0) is 72.0 Å². The molecule has 3 aromatic rings. The predicted molar refractivity (Wildman–Crippen MR) is 314 cm³/mol. The molecule has 0 radical (unpaired) electrons. The summed E-state index contributed by atoms with van der Waals surface area (Å²) in [6.07, 6.45) is 9.66. The number of aliphatic carboxylic acids is 1. The predicted octanol–water partition coefficient (Wildman–Crippen LogP) is -0.715. The summed E-state index contributed by atoms with van der Waals surface area (Å²) in [5, 5.41) is 39.0. The molecule has 3 fully saturated rings. The third-order valence-electron chi connectivity index (χ3n) is 14.6. The highest BCUT2D eigenvalue weighted by Gasteiger charge is 2.41. The highest BCUT2D eigenvalue weighted by molar-refractivity contribution is 7.98. The Balaban J connectivity index is 1.32. The number of aromatic amines is 1. The normalized spacial score (nSPS) is 25.6. The van der Waals surface area contributed by atoms with E-state index >= 15 is 0 Å². The molecule has 27 nitrogen and oxygen atoms in total. The van der Waals surface area contributed by atoms with Gasteiger partial charge in [0.2, 0.25) is 59.1 Å². The average molecular weight is 1220 g/mol. The molecule has 9 atom stereocenters. The quantitative estimate of drug-likeness (QED) is 0.0842. The van der Waals surface area contributed by atoms with Gasteiger partial charge in [0.25, 0.3) is 0 Å². The molecule has 0 aromatic carbocycles. The number of imidazole rings is 1. The molecule has 464 valence electrons. The van der Waals surface area contributed by atoms with E-state index in [1.165, 1.54) is 40.5 Å². The highest BCUT2D eigenvalue weighted by Crippen LogP contribution is 2.33. The molecular formula is C56H81N15O12S2. The molecule has 1 saturated carbocycles. The van der Waals surface area contributed by atoms with Gasteiger partial charge in [0.15, 0.2) is 0 Å². The molecular weight excluding hydrogens is 1140 g/mol. The fraction of sp³-hybridized carbons (Fsp3) is 0.607. The van der Waals surface area contributed by atoms with Crippen LogP contribution in [0, 0.1) is 5.92 Å². The van der Waals surface area contributed by atoms with E-state index in [1.54, 1.807) is 48.6 Å². The van der Waals surface area contributed by atoms with E-state index in [0.717, 1.165) is 12.8 Å². The summed E-state index contributed by atoms with van der Waals surface area (Å²) in [6.45, 7) is 6.85. The van der Waals surface area contributed by atoms with E-state index in [9.17, 15) is 57.8 Å². The molecule has 0 bridgehead atoms. The Morgan fingerprint density at radius 2 is 1.35 bits per heavy atom.